The third-order valence-electron chi connectivity index (χ3n) is 3.24. The number of para-hydroxylation sites is 1. The van der Waals surface area contributed by atoms with E-state index in [1.165, 1.54) is 0 Å². The molecule has 1 unspecified atom stereocenters. The number of hydrogen-bond donors (Lipinski definition) is 1. The standard InChI is InChI=1S/C13H14ClN3O/c1-8-3-2-4-10(14)13(8)17-12-7-18-6-11(15)9(12)5-16-17/h2-5,11H,6-7,15H2,1H3. The van der Waals surface area contributed by atoms with E-state index in [9.17, 15) is 0 Å². The van der Waals surface area contributed by atoms with E-state index in [0.717, 1.165) is 22.5 Å². The maximum absolute atomic E-state index is 6.27. The molecule has 5 heteroatoms. The number of aryl methyl sites for hydroxylation is 1. The summed E-state index contributed by atoms with van der Waals surface area (Å²) in [5.41, 5.74) is 10.0. The molecule has 0 spiro atoms. The fourth-order valence-corrected chi connectivity index (χ4v) is 2.60. The van der Waals surface area contributed by atoms with Gasteiger partial charge in [-0.25, -0.2) is 4.68 Å². The van der Waals surface area contributed by atoms with Crippen LogP contribution in [-0.4, -0.2) is 16.4 Å². The van der Waals surface area contributed by atoms with Crippen LogP contribution >= 0.6 is 11.6 Å². The molecule has 4 nitrogen and oxygen atoms in total. The zero-order valence-electron chi connectivity index (χ0n) is 10.1. The Kier molecular flexibility index (Phi) is 2.86. The normalized spacial score (nSPS) is 18.7. The number of halogens is 1. The first kappa shape index (κ1) is 11.7. The molecule has 0 radical (unpaired) electrons. The summed E-state index contributed by atoms with van der Waals surface area (Å²) < 4.78 is 7.32. The van der Waals surface area contributed by atoms with Crippen LogP contribution in [0.4, 0.5) is 0 Å². The lowest BCUT2D eigenvalue weighted by Crippen LogP contribution is -2.24. The van der Waals surface area contributed by atoms with Crippen molar-refractivity contribution in [3.05, 3.63) is 46.2 Å². The molecular formula is C13H14ClN3O. The highest BCUT2D eigenvalue weighted by Gasteiger charge is 2.23. The topological polar surface area (TPSA) is 53.1 Å². The molecule has 0 fully saturated rings. The van der Waals surface area contributed by atoms with Gasteiger partial charge in [0.25, 0.3) is 0 Å². The van der Waals surface area contributed by atoms with Crippen molar-refractivity contribution < 1.29 is 4.74 Å². The quantitative estimate of drug-likeness (QED) is 0.859. The molecule has 2 aromatic rings. The fraction of sp³-hybridized carbons (Fsp3) is 0.308. The van der Waals surface area contributed by atoms with Gasteiger partial charge in [-0.3, -0.25) is 0 Å². The van der Waals surface area contributed by atoms with Crippen LogP contribution < -0.4 is 5.73 Å². The number of ether oxygens (including phenoxy) is 1. The molecule has 1 aromatic heterocycles. The van der Waals surface area contributed by atoms with Crippen molar-refractivity contribution in [3.63, 3.8) is 0 Å². The molecule has 0 aliphatic carbocycles. The van der Waals surface area contributed by atoms with E-state index in [2.05, 4.69) is 5.10 Å². The van der Waals surface area contributed by atoms with Gasteiger partial charge >= 0.3 is 0 Å². The molecule has 2 N–H and O–H groups in total. The van der Waals surface area contributed by atoms with Crippen molar-refractivity contribution >= 4 is 11.6 Å². The van der Waals surface area contributed by atoms with Crippen molar-refractivity contribution in [1.82, 2.24) is 9.78 Å². The Hall–Kier alpha value is -1.36. The molecule has 2 heterocycles. The lowest BCUT2D eigenvalue weighted by molar-refractivity contribution is 0.0885. The average molecular weight is 264 g/mol. The second-order valence-electron chi connectivity index (χ2n) is 4.49. The Morgan fingerprint density at radius 2 is 2.33 bits per heavy atom. The summed E-state index contributed by atoms with van der Waals surface area (Å²) in [5, 5.41) is 5.09. The van der Waals surface area contributed by atoms with E-state index >= 15 is 0 Å². The first-order valence-corrected chi connectivity index (χ1v) is 6.22. The highest BCUT2D eigenvalue weighted by Crippen LogP contribution is 2.29. The summed E-state index contributed by atoms with van der Waals surface area (Å²) in [7, 11) is 0. The first-order chi connectivity index (χ1) is 8.68. The van der Waals surface area contributed by atoms with Gasteiger partial charge in [0.05, 0.1) is 41.9 Å². The average Bonchev–Trinajstić information content (AvgIpc) is 2.75. The molecule has 1 aliphatic heterocycles. The van der Waals surface area contributed by atoms with Crippen molar-refractivity contribution in [2.75, 3.05) is 6.61 Å². The van der Waals surface area contributed by atoms with E-state index in [4.69, 9.17) is 22.1 Å². The minimum atomic E-state index is -0.106. The number of aromatic nitrogens is 2. The predicted octanol–water partition coefficient (Wildman–Crippen LogP) is 2.36. The van der Waals surface area contributed by atoms with Crippen LogP contribution in [0, 0.1) is 6.92 Å². The van der Waals surface area contributed by atoms with Gasteiger partial charge in [0.2, 0.25) is 0 Å². The predicted molar refractivity (Wildman–Crippen MR) is 69.9 cm³/mol. The van der Waals surface area contributed by atoms with Gasteiger partial charge in [0, 0.05) is 5.56 Å². The Balaban J connectivity index is 2.19. The smallest absolute Gasteiger partial charge is 0.0893 e. The summed E-state index contributed by atoms with van der Waals surface area (Å²) in [6.07, 6.45) is 1.81. The molecule has 1 aliphatic rings. The molecule has 0 bridgehead atoms. The zero-order valence-corrected chi connectivity index (χ0v) is 10.8. The second-order valence-corrected chi connectivity index (χ2v) is 4.89. The van der Waals surface area contributed by atoms with E-state index < -0.39 is 0 Å². The van der Waals surface area contributed by atoms with Crippen LogP contribution in [0.15, 0.2) is 24.4 Å². The van der Waals surface area contributed by atoms with E-state index in [1.54, 1.807) is 0 Å². The SMILES string of the molecule is Cc1cccc(Cl)c1-n1ncc2c1COCC2N. The van der Waals surface area contributed by atoms with Gasteiger partial charge in [0.1, 0.15) is 0 Å². The Morgan fingerprint density at radius 1 is 1.50 bits per heavy atom. The Bertz CT molecular complexity index is 574. The second kappa shape index (κ2) is 4.39. The molecule has 1 atom stereocenters. The largest absolute Gasteiger partial charge is 0.373 e. The Labute approximate surface area is 110 Å². The highest BCUT2D eigenvalue weighted by atomic mass is 35.5. The fourth-order valence-electron chi connectivity index (χ4n) is 2.30. The summed E-state index contributed by atoms with van der Waals surface area (Å²) in [5.74, 6) is 0. The third kappa shape index (κ3) is 1.73. The number of nitrogens with zero attached hydrogens (tertiary/aromatic N) is 2. The van der Waals surface area contributed by atoms with Gasteiger partial charge in [0.15, 0.2) is 0 Å². The summed E-state index contributed by atoms with van der Waals surface area (Å²) in [6, 6.07) is 5.70. The summed E-state index contributed by atoms with van der Waals surface area (Å²) in [4.78, 5) is 0. The van der Waals surface area contributed by atoms with E-state index in [1.807, 2.05) is 36.0 Å². The van der Waals surface area contributed by atoms with Crippen LogP contribution in [0.1, 0.15) is 22.9 Å². The maximum Gasteiger partial charge on any atom is 0.0893 e. The van der Waals surface area contributed by atoms with Crippen molar-refractivity contribution in [3.8, 4) is 5.69 Å². The van der Waals surface area contributed by atoms with Crippen molar-refractivity contribution in [1.29, 1.82) is 0 Å². The minimum absolute atomic E-state index is 0.106. The summed E-state index contributed by atoms with van der Waals surface area (Å²) >= 11 is 6.27. The lowest BCUT2D eigenvalue weighted by atomic mass is 10.1. The maximum atomic E-state index is 6.27. The molecule has 18 heavy (non-hydrogen) atoms. The van der Waals surface area contributed by atoms with Gasteiger partial charge in [-0.05, 0) is 18.6 Å². The molecule has 94 valence electrons. The number of rotatable bonds is 1. The monoisotopic (exact) mass is 263 g/mol. The number of hydrogen-bond acceptors (Lipinski definition) is 3. The van der Waals surface area contributed by atoms with E-state index in [-0.39, 0.29) is 6.04 Å². The third-order valence-corrected chi connectivity index (χ3v) is 3.54. The van der Waals surface area contributed by atoms with Crippen LogP contribution in [-0.2, 0) is 11.3 Å². The molecular weight excluding hydrogens is 250 g/mol. The van der Waals surface area contributed by atoms with Crippen LogP contribution in [0.25, 0.3) is 5.69 Å². The molecule has 3 rings (SSSR count). The number of fused-ring (bicyclic) bond motifs is 1. The van der Waals surface area contributed by atoms with Crippen LogP contribution in [0.5, 0.6) is 0 Å². The summed E-state index contributed by atoms with van der Waals surface area (Å²) in [6.45, 7) is 3.08. The first-order valence-electron chi connectivity index (χ1n) is 5.84. The molecule has 0 saturated heterocycles. The van der Waals surface area contributed by atoms with Crippen molar-refractivity contribution in [2.24, 2.45) is 5.73 Å². The molecule has 0 amide bonds. The number of nitrogens with two attached hydrogens (primary N) is 1. The zero-order chi connectivity index (χ0) is 12.7. The molecule has 1 aromatic carbocycles. The lowest BCUT2D eigenvalue weighted by Gasteiger charge is -2.21. The van der Waals surface area contributed by atoms with Crippen LogP contribution in [0.3, 0.4) is 0 Å². The molecule has 0 saturated carbocycles. The van der Waals surface area contributed by atoms with Gasteiger partial charge in [-0.1, -0.05) is 23.7 Å². The van der Waals surface area contributed by atoms with Gasteiger partial charge in [-0.2, -0.15) is 5.10 Å². The minimum Gasteiger partial charge on any atom is -0.373 e. The van der Waals surface area contributed by atoms with Crippen molar-refractivity contribution in [2.45, 2.75) is 19.6 Å². The highest BCUT2D eigenvalue weighted by molar-refractivity contribution is 6.32. The van der Waals surface area contributed by atoms with Gasteiger partial charge < -0.3 is 10.5 Å². The van der Waals surface area contributed by atoms with Crippen LogP contribution in [0.2, 0.25) is 5.02 Å². The Morgan fingerprint density at radius 3 is 3.11 bits per heavy atom. The van der Waals surface area contributed by atoms with E-state index in [0.29, 0.717) is 18.2 Å². The number of benzene rings is 1. The van der Waals surface area contributed by atoms with Gasteiger partial charge in [-0.15, -0.1) is 0 Å².